The Morgan fingerprint density at radius 3 is 2.53 bits per heavy atom. The molecule has 5 heteroatoms. The SMILES string of the molecule is C[C@@H](NC(=S)Nc1ccccc1)C(=O)O. The topological polar surface area (TPSA) is 61.4 Å². The maximum absolute atomic E-state index is 10.5. The largest absolute Gasteiger partial charge is 0.480 e. The maximum Gasteiger partial charge on any atom is 0.325 e. The summed E-state index contributed by atoms with van der Waals surface area (Å²) in [5, 5.41) is 14.5. The van der Waals surface area contributed by atoms with Gasteiger partial charge in [0.15, 0.2) is 5.11 Å². The molecule has 1 rings (SSSR count). The first-order valence-corrected chi connectivity index (χ1v) is 4.86. The highest BCUT2D eigenvalue weighted by atomic mass is 32.1. The summed E-state index contributed by atoms with van der Waals surface area (Å²) in [6, 6.07) is 8.62. The molecule has 4 nitrogen and oxygen atoms in total. The van der Waals surface area contributed by atoms with Gasteiger partial charge in [-0.05, 0) is 31.3 Å². The van der Waals surface area contributed by atoms with E-state index in [1.54, 1.807) is 0 Å². The van der Waals surface area contributed by atoms with Gasteiger partial charge in [0.1, 0.15) is 6.04 Å². The van der Waals surface area contributed by atoms with Crippen molar-refractivity contribution in [2.75, 3.05) is 5.32 Å². The number of para-hydroxylation sites is 1. The van der Waals surface area contributed by atoms with E-state index >= 15 is 0 Å². The molecule has 0 aliphatic heterocycles. The Balaban J connectivity index is 2.47. The number of anilines is 1. The smallest absolute Gasteiger partial charge is 0.325 e. The molecular weight excluding hydrogens is 212 g/mol. The molecule has 0 aromatic heterocycles. The number of hydrogen-bond donors (Lipinski definition) is 3. The second-order valence-electron chi connectivity index (χ2n) is 3.02. The van der Waals surface area contributed by atoms with E-state index in [4.69, 9.17) is 17.3 Å². The molecule has 0 heterocycles. The normalized spacial score (nSPS) is 11.5. The second-order valence-corrected chi connectivity index (χ2v) is 3.43. The van der Waals surface area contributed by atoms with Crippen molar-refractivity contribution in [2.45, 2.75) is 13.0 Å². The lowest BCUT2D eigenvalue weighted by Gasteiger charge is -2.13. The monoisotopic (exact) mass is 224 g/mol. The quantitative estimate of drug-likeness (QED) is 0.678. The standard InChI is InChI=1S/C10H12N2O2S/c1-7(9(13)14)11-10(15)12-8-5-3-2-4-6-8/h2-7H,1H3,(H,13,14)(H2,11,12,15)/t7-/m1/s1. The van der Waals surface area contributed by atoms with Gasteiger partial charge in [-0.25, -0.2) is 0 Å². The molecule has 0 unspecified atom stereocenters. The summed E-state index contributed by atoms with van der Waals surface area (Å²) < 4.78 is 0. The van der Waals surface area contributed by atoms with Crippen LogP contribution in [-0.2, 0) is 4.79 Å². The molecular formula is C10H12N2O2S. The fourth-order valence-electron chi connectivity index (χ4n) is 0.947. The first-order valence-electron chi connectivity index (χ1n) is 4.45. The average Bonchev–Trinajstić information content (AvgIpc) is 2.18. The van der Waals surface area contributed by atoms with Crippen LogP contribution in [0.1, 0.15) is 6.92 Å². The minimum absolute atomic E-state index is 0.302. The molecule has 0 amide bonds. The zero-order valence-electron chi connectivity index (χ0n) is 8.23. The molecule has 0 saturated heterocycles. The zero-order valence-corrected chi connectivity index (χ0v) is 9.04. The molecule has 0 bridgehead atoms. The number of aliphatic carboxylic acids is 1. The van der Waals surface area contributed by atoms with Crippen molar-refractivity contribution < 1.29 is 9.90 Å². The number of carboxylic acid groups (broad SMARTS) is 1. The number of nitrogens with one attached hydrogen (secondary N) is 2. The van der Waals surface area contributed by atoms with E-state index in [1.807, 2.05) is 30.3 Å². The summed E-state index contributed by atoms with van der Waals surface area (Å²) in [5.74, 6) is -0.938. The van der Waals surface area contributed by atoms with E-state index in [1.165, 1.54) is 6.92 Å². The molecule has 3 N–H and O–H groups in total. The van der Waals surface area contributed by atoms with E-state index < -0.39 is 12.0 Å². The molecule has 0 saturated carbocycles. The van der Waals surface area contributed by atoms with Crippen LogP contribution in [-0.4, -0.2) is 22.2 Å². The third-order valence-electron chi connectivity index (χ3n) is 1.75. The van der Waals surface area contributed by atoms with Gasteiger partial charge in [0, 0.05) is 5.69 Å². The summed E-state index contributed by atoms with van der Waals surface area (Å²) in [4.78, 5) is 10.5. The van der Waals surface area contributed by atoms with Crippen molar-refractivity contribution in [3.63, 3.8) is 0 Å². The highest BCUT2D eigenvalue weighted by Crippen LogP contribution is 2.04. The predicted molar refractivity (Wildman–Crippen MR) is 62.9 cm³/mol. The number of carboxylic acids is 1. The van der Waals surface area contributed by atoms with Gasteiger partial charge in [-0.1, -0.05) is 18.2 Å². The summed E-state index contributed by atoms with van der Waals surface area (Å²) in [6.45, 7) is 1.53. The van der Waals surface area contributed by atoms with Gasteiger partial charge >= 0.3 is 5.97 Å². The Labute approximate surface area is 93.3 Å². The van der Waals surface area contributed by atoms with E-state index in [9.17, 15) is 4.79 Å². The highest BCUT2D eigenvalue weighted by Gasteiger charge is 2.11. The first-order chi connectivity index (χ1) is 7.09. The number of benzene rings is 1. The second kappa shape index (κ2) is 5.31. The molecule has 0 aliphatic rings. The van der Waals surface area contributed by atoms with Crippen LogP contribution in [0.3, 0.4) is 0 Å². The van der Waals surface area contributed by atoms with Crippen molar-refractivity contribution in [1.82, 2.24) is 5.32 Å². The Kier molecular flexibility index (Phi) is 4.05. The van der Waals surface area contributed by atoms with Crippen molar-refractivity contribution in [2.24, 2.45) is 0 Å². The number of thiocarbonyl (C=S) groups is 1. The third-order valence-corrected chi connectivity index (χ3v) is 1.97. The molecule has 80 valence electrons. The summed E-state index contributed by atoms with van der Waals surface area (Å²) in [7, 11) is 0. The molecule has 1 aromatic carbocycles. The van der Waals surface area contributed by atoms with Gasteiger partial charge in [0.25, 0.3) is 0 Å². The molecule has 15 heavy (non-hydrogen) atoms. The predicted octanol–water partition coefficient (Wildman–Crippen LogP) is 1.45. The molecule has 0 radical (unpaired) electrons. The van der Waals surface area contributed by atoms with Crippen molar-refractivity contribution in [3.05, 3.63) is 30.3 Å². The van der Waals surface area contributed by atoms with Gasteiger partial charge in [0.05, 0.1) is 0 Å². The fraction of sp³-hybridized carbons (Fsp3) is 0.200. The van der Waals surface area contributed by atoms with E-state index in [2.05, 4.69) is 10.6 Å². The lowest BCUT2D eigenvalue weighted by molar-refractivity contribution is -0.138. The summed E-state index contributed by atoms with van der Waals surface area (Å²) in [5.41, 5.74) is 0.826. The Morgan fingerprint density at radius 2 is 2.00 bits per heavy atom. The minimum Gasteiger partial charge on any atom is -0.480 e. The summed E-state index contributed by atoms with van der Waals surface area (Å²) in [6.07, 6.45) is 0. The molecule has 0 spiro atoms. The van der Waals surface area contributed by atoms with E-state index in [-0.39, 0.29) is 0 Å². The van der Waals surface area contributed by atoms with Gasteiger partial charge in [-0.15, -0.1) is 0 Å². The zero-order chi connectivity index (χ0) is 11.3. The number of hydrogen-bond acceptors (Lipinski definition) is 2. The van der Waals surface area contributed by atoms with Crippen LogP contribution in [0.2, 0.25) is 0 Å². The van der Waals surface area contributed by atoms with Gasteiger partial charge in [-0.3, -0.25) is 4.79 Å². The van der Waals surface area contributed by atoms with Crippen LogP contribution in [0.5, 0.6) is 0 Å². The lowest BCUT2D eigenvalue weighted by Crippen LogP contribution is -2.40. The molecule has 0 fully saturated rings. The average molecular weight is 224 g/mol. The lowest BCUT2D eigenvalue weighted by atomic mass is 10.3. The van der Waals surface area contributed by atoms with Crippen LogP contribution in [0.15, 0.2) is 30.3 Å². The van der Waals surface area contributed by atoms with E-state index in [0.717, 1.165) is 5.69 Å². The number of carbonyl (C=O) groups is 1. The third kappa shape index (κ3) is 3.95. The Bertz CT molecular complexity index is 354. The fourth-order valence-corrected chi connectivity index (χ4v) is 1.24. The molecule has 0 aliphatic carbocycles. The maximum atomic E-state index is 10.5. The van der Waals surface area contributed by atoms with E-state index in [0.29, 0.717) is 5.11 Å². The molecule has 1 aromatic rings. The summed E-state index contributed by atoms with van der Waals surface area (Å²) >= 11 is 4.95. The van der Waals surface area contributed by atoms with Crippen LogP contribution in [0.4, 0.5) is 5.69 Å². The molecule has 1 atom stereocenters. The van der Waals surface area contributed by atoms with Crippen molar-refractivity contribution >= 4 is 29.0 Å². The Hall–Kier alpha value is -1.62. The van der Waals surface area contributed by atoms with Gasteiger partial charge < -0.3 is 15.7 Å². The highest BCUT2D eigenvalue weighted by molar-refractivity contribution is 7.80. The van der Waals surface area contributed by atoms with Crippen LogP contribution in [0, 0.1) is 0 Å². The van der Waals surface area contributed by atoms with Crippen molar-refractivity contribution in [1.29, 1.82) is 0 Å². The van der Waals surface area contributed by atoms with Crippen LogP contribution in [0.25, 0.3) is 0 Å². The van der Waals surface area contributed by atoms with Gasteiger partial charge in [-0.2, -0.15) is 0 Å². The number of rotatable bonds is 3. The minimum atomic E-state index is -0.938. The Morgan fingerprint density at radius 1 is 1.40 bits per heavy atom. The van der Waals surface area contributed by atoms with Crippen LogP contribution >= 0.6 is 12.2 Å². The first kappa shape index (κ1) is 11.5. The van der Waals surface area contributed by atoms with Crippen LogP contribution < -0.4 is 10.6 Å². The van der Waals surface area contributed by atoms with Gasteiger partial charge in [0.2, 0.25) is 0 Å². The van der Waals surface area contributed by atoms with Crippen molar-refractivity contribution in [3.8, 4) is 0 Å².